The minimum absolute atomic E-state index is 0.0372. The molecule has 2 saturated heterocycles. The number of amides is 4. The lowest BCUT2D eigenvalue weighted by Crippen LogP contribution is -2.51. The number of carboxylic acids is 2. The predicted octanol–water partition coefficient (Wildman–Crippen LogP) is -0.440. The van der Waals surface area contributed by atoms with E-state index < -0.39 is 47.9 Å². The molecule has 1 aliphatic carbocycles. The smallest absolute Gasteiger partial charge is 0.328 e. The topological polar surface area (TPSA) is 178 Å². The zero-order valence-corrected chi connectivity index (χ0v) is 21.2. The summed E-state index contributed by atoms with van der Waals surface area (Å²) >= 11 is 0. The maximum Gasteiger partial charge on any atom is 0.328 e. The monoisotopic (exact) mass is 531 g/mol. The molecule has 38 heavy (non-hydrogen) atoms. The van der Waals surface area contributed by atoms with Gasteiger partial charge < -0.3 is 35.2 Å². The van der Waals surface area contributed by atoms with Gasteiger partial charge in [-0.1, -0.05) is 0 Å². The fraction of sp³-hybridized carbons (Fsp3) is 0.600. The van der Waals surface area contributed by atoms with E-state index in [1.165, 1.54) is 9.80 Å². The normalized spacial score (nSPS) is 24.8. The number of nitrogens with one attached hydrogen (secondary N) is 2. The number of nitrogens with zero attached hydrogens (tertiary/aromatic N) is 3. The largest absolute Gasteiger partial charge is 0.480 e. The Morgan fingerprint density at radius 2 is 1.63 bits per heavy atom. The molecule has 1 saturated carbocycles. The summed E-state index contributed by atoms with van der Waals surface area (Å²) in [7, 11) is 1.71. The molecule has 4 rings (SSSR count). The Balaban J connectivity index is 1.28. The van der Waals surface area contributed by atoms with Crippen molar-refractivity contribution in [1.29, 1.82) is 0 Å². The fourth-order valence-electron chi connectivity index (χ4n) is 5.26. The Morgan fingerprint density at radius 3 is 2.21 bits per heavy atom. The number of aryl methyl sites for hydroxylation is 1. The standard InChI is InChI=1S/C25H33N5O8/c1-28-10-3-4-17(28)23(34)26-15-12-18(24(35)36)30(13-15)20(32)6-2-5-19(31)29-11-9-16(21(29)25(37)38)27-22(33)14-7-8-14/h3-4,10,14-16,18,21H,2,5-9,11-13H2,1H3,(H,26,34)(H,27,33)(H,35,36)(H,37,38)/t15-,16-,18-,21-/m0/s1. The van der Waals surface area contributed by atoms with Crippen molar-refractivity contribution in [2.75, 3.05) is 13.1 Å². The van der Waals surface area contributed by atoms with Gasteiger partial charge in [-0.25, -0.2) is 9.59 Å². The average Bonchev–Trinajstić information content (AvgIpc) is 3.26. The quantitative estimate of drug-likeness (QED) is 0.314. The summed E-state index contributed by atoms with van der Waals surface area (Å²) in [6, 6.07) is -0.0987. The van der Waals surface area contributed by atoms with Crippen LogP contribution in [0.2, 0.25) is 0 Å². The molecule has 3 aliphatic rings. The number of aromatic nitrogens is 1. The van der Waals surface area contributed by atoms with E-state index in [0.717, 1.165) is 12.8 Å². The third-order valence-corrected chi connectivity index (χ3v) is 7.45. The van der Waals surface area contributed by atoms with Gasteiger partial charge in [0.1, 0.15) is 17.8 Å². The number of aliphatic carboxylic acids is 2. The first-order chi connectivity index (χ1) is 18.1. The van der Waals surface area contributed by atoms with Gasteiger partial charge in [0.2, 0.25) is 17.7 Å². The second-order valence-electron chi connectivity index (χ2n) is 10.2. The maximum absolute atomic E-state index is 12.9. The van der Waals surface area contributed by atoms with Crippen molar-refractivity contribution in [3.8, 4) is 0 Å². The lowest BCUT2D eigenvalue weighted by Gasteiger charge is -2.25. The van der Waals surface area contributed by atoms with Crippen LogP contribution in [0.3, 0.4) is 0 Å². The minimum atomic E-state index is -1.20. The molecular formula is C25H33N5O8. The van der Waals surface area contributed by atoms with E-state index in [9.17, 15) is 39.0 Å². The molecule has 0 aromatic carbocycles. The van der Waals surface area contributed by atoms with Crippen molar-refractivity contribution >= 4 is 35.6 Å². The Labute approximate surface area is 219 Å². The number of carbonyl (C=O) groups is 6. The van der Waals surface area contributed by atoms with Crippen molar-refractivity contribution in [1.82, 2.24) is 25.0 Å². The van der Waals surface area contributed by atoms with Crippen LogP contribution in [-0.2, 0) is 31.0 Å². The Morgan fingerprint density at radius 1 is 0.947 bits per heavy atom. The van der Waals surface area contributed by atoms with Crippen LogP contribution < -0.4 is 10.6 Å². The van der Waals surface area contributed by atoms with Crippen molar-refractivity contribution in [2.24, 2.45) is 13.0 Å². The van der Waals surface area contributed by atoms with Gasteiger partial charge in [0.15, 0.2) is 0 Å². The molecule has 4 N–H and O–H groups in total. The Kier molecular flexibility index (Phi) is 8.02. The molecule has 206 valence electrons. The first-order valence-corrected chi connectivity index (χ1v) is 12.8. The van der Waals surface area contributed by atoms with Crippen LogP contribution in [0.1, 0.15) is 55.4 Å². The molecule has 4 atom stereocenters. The number of hydrogen-bond acceptors (Lipinski definition) is 6. The van der Waals surface area contributed by atoms with Gasteiger partial charge in [-0.05, 0) is 37.8 Å². The zero-order valence-electron chi connectivity index (χ0n) is 21.2. The van der Waals surface area contributed by atoms with E-state index in [2.05, 4.69) is 10.6 Å². The molecule has 0 unspecified atom stereocenters. The number of likely N-dealkylation sites (tertiary alicyclic amines) is 2. The third-order valence-electron chi connectivity index (χ3n) is 7.45. The van der Waals surface area contributed by atoms with E-state index in [0.29, 0.717) is 12.1 Å². The van der Waals surface area contributed by atoms with Gasteiger partial charge in [-0.3, -0.25) is 19.2 Å². The van der Waals surface area contributed by atoms with Crippen molar-refractivity contribution in [3.05, 3.63) is 24.0 Å². The summed E-state index contributed by atoms with van der Waals surface area (Å²) in [5.74, 6) is -3.88. The van der Waals surface area contributed by atoms with Crippen LogP contribution in [0.5, 0.6) is 0 Å². The second-order valence-corrected chi connectivity index (χ2v) is 10.2. The highest BCUT2D eigenvalue weighted by atomic mass is 16.4. The molecule has 0 spiro atoms. The van der Waals surface area contributed by atoms with Gasteiger partial charge in [-0.15, -0.1) is 0 Å². The van der Waals surface area contributed by atoms with E-state index in [4.69, 9.17) is 0 Å². The third kappa shape index (κ3) is 5.97. The van der Waals surface area contributed by atoms with Gasteiger partial charge in [-0.2, -0.15) is 0 Å². The second kappa shape index (κ2) is 11.2. The van der Waals surface area contributed by atoms with Crippen LogP contribution in [0, 0.1) is 5.92 Å². The van der Waals surface area contributed by atoms with E-state index in [1.54, 1.807) is 29.9 Å². The molecule has 0 radical (unpaired) electrons. The zero-order chi connectivity index (χ0) is 27.6. The first-order valence-electron chi connectivity index (χ1n) is 12.8. The lowest BCUT2D eigenvalue weighted by atomic mass is 10.1. The highest BCUT2D eigenvalue weighted by Crippen LogP contribution is 2.30. The fourth-order valence-corrected chi connectivity index (χ4v) is 5.26. The van der Waals surface area contributed by atoms with Crippen LogP contribution >= 0.6 is 0 Å². The minimum Gasteiger partial charge on any atom is -0.480 e. The van der Waals surface area contributed by atoms with E-state index in [-0.39, 0.29) is 56.5 Å². The van der Waals surface area contributed by atoms with Gasteiger partial charge in [0.05, 0.1) is 6.04 Å². The molecule has 0 bridgehead atoms. The SMILES string of the molecule is Cn1cccc1C(=O)N[C@H]1C[C@@H](C(=O)O)N(C(=O)CCCC(=O)N2CC[C@H](NC(=O)C3CC3)[C@H]2C(=O)O)C1. The van der Waals surface area contributed by atoms with Crippen LogP contribution in [0.25, 0.3) is 0 Å². The lowest BCUT2D eigenvalue weighted by molar-refractivity contribution is -0.149. The highest BCUT2D eigenvalue weighted by Gasteiger charge is 2.44. The predicted molar refractivity (Wildman–Crippen MR) is 131 cm³/mol. The first kappa shape index (κ1) is 27.1. The van der Waals surface area contributed by atoms with Crippen LogP contribution in [-0.4, -0.2) is 97.4 Å². The molecule has 3 heterocycles. The summed E-state index contributed by atoms with van der Waals surface area (Å²) in [5.41, 5.74) is 0.413. The summed E-state index contributed by atoms with van der Waals surface area (Å²) in [5, 5.41) is 24.8. The summed E-state index contributed by atoms with van der Waals surface area (Å²) in [4.78, 5) is 76.4. The van der Waals surface area contributed by atoms with Gasteiger partial charge in [0.25, 0.3) is 5.91 Å². The highest BCUT2D eigenvalue weighted by molar-refractivity contribution is 5.93. The number of rotatable bonds is 10. The molecule has 13 nitrogen and oxygen atoms in total. The summed E-state index contributed by atoms with van der Waals surface area (Å²) in [6.45, 7) is 0.227. The maximum atomic E-state index is 12.9. The number of carbonyl (C=O) groups excluding carboxylic acids is 4. The molecular weight excluding hydrogens is 498 g/mol. The molecule has 1 aromatic rings. The molecule has 13 heteroatoms. The van der Waals surface area contributed by atoms with Gasteiger partial charge >= 0.3 is 11.9 Å². The van der Waals surface area contributed by atoms with E-state index >= 15 is 0 Å². The van der Waals surface area contributed by atoms with Crippen LogP contribution in [0.4, 0.5) is 0 Å². The van der Waals surface area contributed by atoms with Crippen LogP contribution in [0.15, 0.2) is 18.3 Å². The van der Waals surface area contributed by atoms with E-state index in [1.807, 2.05) is 0 Å². The Bertz CT molecular complexity index is 1130. The van der Waals surface area contributed by atoms with Crippen molar-refractivity contribution in [3.63, 3.8) is 0 Å². The number of hydrogen-bond donors (Lipinski definition) is 4. The molecule has 4 amide bonds. The van der Waals surface area contributed by atoms with Crippen molar-refractivity contribution < 1.29 is 39.0 Å². The van der Waals surface area contributed by atoms with Crippen molar-refractivity contribution in [2.45, 2.75) is 69.1 Å². The molecule has 1 aromatic heterocycles. The average molecular weight is 532 g/mol. The number of carboxylic acid groups (broad SMARTS) is 2. The van der Waals surface area contributed by atoms with Gasteiger partial charge in [0, 0.05) is 57.6 Å². The summed E-state index contributed by atoms with van der Waals surface area (Å²) < 4.78 is 1.64. The summed E-state index contributed by atoms with van der Waals surface area (Å²) in [6.07, 6.45) is 3.62. The molecule has 2 aliphatic heterocycles. The Hall–Kier alpha value is -3.90. The molecule has 3 fully saturated rings.